The summed E-state index contributed by atoms with van der Waals surface area (Å²) in [6.45, 7) is 9.01. The summed E-state index contributed by atoms with van der Waals surface area (Å²) in [4.78, 5) is 10.8. The zero-order valence-electron chi connectivity index (χ0n) is 8.78. The zero-order chi connectivity index (χ0) is 10.8. The maximum Gasteiger partial charge on any atom is 0.303 e. The van der Waals surface area contributed by atoms with E-state index in [-0.39, 0.29) is 12.1 Å². The molecule has 80 valence electrons. The topological polar surface area (TPSA) is 44.8 Å². The molecule has 4 heteroatoms. The summed E-state index contributed by atoms with van der Waals surface area (Å²) in [5.41, 5.74) is 0. The van der Waals surface area contributed by atoms with Gasteiger partial charge in [0.25, 0.3) is 0 Å². The van der Waals surface area contributed by atoms with Gasteiger partial charge in [-0.15, -0.1) is 0 Å². The molecule has 14 heavy (non-hydrogen) atoms. The second-order valence-corrected chi connectivity index (χ2v) is 3.68. The van der Waals surface area contributed by atoms with Crippen LogP contribution in [0, 0.1) is 0 Å². The van der Waals surface area contributed by atoms with Gasteiger partial charge in [0.1, 0.15) is 12.2 Å². The Morgan fingerprint density at radius 1 is 1.71 bits per heavy atom. The average Bonchev–Trinajstić information content (AvgIpc) is 2.41. The normalized spacial score (nSPS) is 26.9. The van der Waals surface area contributed by atoms with Gasteiger partial charge in [-0.25, -0.2) is 0 Å². The van der Waals surface area contributed by atoms with Gasteiger partial charge in [0.15, 0.2) is 5.79 Å². The summed E-state index contributed by atoms with van der Waals surface area (Å²) in [6, 6.07) is 0. The van der Waals surface area contributed by atoms with Gasteiger partial charge < -0.3 is 14.2 Å². The molecule has 1 saturated heterocycles. The van der Waals surface area contributed by atoms with Crippen LogP contribution >= 0.6 is 0 Å². The Morgan fingerprint density at radius 3 is 2.71 bits per heavy atom. The molecule has 0 spiro atoms. The lowest BCUT2D eigenvalue weighted by molar-refractivity contribution is -0.164. The van der Waals surface area contributed by atoms with E-state index in [0.29, 0.717) is 6.61 Å². The van der Waals surface area contributed by atoms with E-state index in [0.717, 1.165) is 0 Å². The summed E-state index contributed by atoms with van der Waals surface area (Å²) < 4.78 is 15.9. The minimum Gasteiger partial charge on any atom is -0.455 e. The van der Waals surface area contributed by atoms with Crippen LogP contribution in [0.15, 0.2) is 12.7 Å². The Hall–Kier alpha value is -0.870. The molecule has 1 aliphatic heterocycles. The number of esters is 1. The fourth-order valence-corrected chi connectivity index (χ4v) is 1.34. The van der Waals surface area contributed by atoms with E-state index < -0.39 is 11.9 Å². The molecule has 0 amide bonds. The third-order valence-corrected chi connectivity index (χ3v) is 1.93. The van der Waals surface area contributed by atoms with Crippen molar-refractivity contribution in [2.75, 3.05) is 6.61 Å². The molecule has 0 N–H and O–H groups in total. The van der Waals surface area contributed by atoms with Crippen LogP contribution < -0.4 is 0 Å². The van der Waals surface area contributed by atoms with Crippen LogP contribution in [0.25, 0.3) is 0 Å². The second-order valence-electron chi connectivity index (χ2n) is 3.68. The number of hydrogen-bond acceptors (Lipinski definition) is 4. The van der Waals surface area contributed by atoms with Gasteiger partial charge in [0.2, 0.25) is 0 Å². The Kier molecular flexibility index (Phi) is 3.29. The molecule has 2 atom stereocenters. The van der Waals surface area contributed by atoms with E-state index in [4.69, 9.17) is 14.2 Å². The summed E-state index contributed by atoms with van der Waals surface area (Å²) in [5, 5.41) is 0. The monoisotopic (exact) mass is 200 g/mol. The first kappa shape index (κ1) is 11.2. The highest BCUT2D eigenvalue weighted by atomic mass is 16.7. The summed E-state index contributed by atoms with van der Waals surface area (Å²) in [5.74, 6) is -0.949. The average molecular weight is 200 g/mol. The molecule has 1 fully saturated rings. The Labute approximate surface area is 83.8 Å². The molecular formula is C10H16O4. The van der Waals surface area contributed by atoms with Gasteiger partial charge in [-0.1, -0.05) is 6.58 Å². The number of carbonyl (C=O) groups is 1. The van der Waals surface area contributed by atoms with E-state index >= 15 is 0 Å². The standard InChI is InChI=1S/C10H16O4/c1-5-8(13-7(2)11)9-6-12-10(3,4)14-9/h5,8-9H,1,6H2,2-4H3. The van der Waals surface area contributed by atoms with Gasteiger partial charge in [-0.2, -0.15) is 0 Å². The molecule has 2 unspecified atom stereocenters. The van der Waals surface area contributed by atoms with E-state index in [9.17, 15) is 4.79 Å². The molecule has 0 saturated carbocycles. The SMILES string of the molecule is C=CC(OC(C)=O)C1COC(C)(C)O1. The lowest BCUT2D eigenvalue weighted by atomic mass is 10.2. The fraction of sp³-hybridized carbons (Fsp3) is 0.700. The van der Waals surface area contributed by atoms with Crippen LogP contribution in [-0.2, 0) is 19.0 Å². The number of hydrogen-bond donors (Lipinski definition) is 0. The zero-order valence-corrected chi connectivity index (χ0v) is 8.78. The molecule has 0 bridgehead atoms. The summed E-state index contributed by atoms with van der Waals surface area (Å²) in [6.07, 6.45) is 0.859. The van der Waals surface area contributed by atoms with Crippen LogP contribution in [0.2, 0.25) is 0 Å². The predicted molar refractivity (Wildman–Crippen MR) is 50.7 cm³/mol. The first-order valence-electron chi connectivity index (χ1n) is 4.56. The lowest BCUT2D eigenvalue weighted by Crippen LogP contribution is -2.32. The van der Waals surface area contributed by atoms with Gasteiger partial charge in [0.05, 0.1) is 6.61 Å². The van der Waals surface area contributed by atoms with E-state index in [1.54, 1.807) is 6.08 Å². The molecule has 0 aromatic carbocycles. The Morgan fingerprint density at radius 2 is 2.36 bits per heavy atom. The van der Waals surface area contributed by atoms with E-state index in [2.05, 4.69) is 6.58 Å². The molecule has 0 radical (unpaired) electrons. The van der Waals surface area contributed by atoms with E-state index in [1.165, 1.54) is 6.92 Å². The second kappa shape index (κ2) is 4.11. The van der Waals surface area contributed by atoms with Crippen molar-refractivity contribution in [1.82, 2.24) is 0 Å². The van der Waals surface area contributed by atoms with Crippen molar-refractivity contribution in [1.29, 1.82) is 0 Å². The summed E-state index contributed by atoms with van der Waals surface area (Å²) >= 11 is 0. The highest BCUT2D eigenvalue weighted by molar-refractivity contribution is 5.66. The van der Waals surface area contributed by atoms with Crippen molar-refractivity contribution < 1.29 is 19.0 Å². The first-order chi connectivity index (χ1) is 6.44. The van der Waals surface area contributed by atoms with Crippen LogP contribution in [-0.4, -0.2) is 30.6 Å². The molecular weight excluding hydrogens is 184 g/mol. The van der Waals surface area contributed by atoms with Crippen molar-refractivity contribution in [3.05, 3.63) is 12.7 Å². The minimum atomic E-state index is -0.605. The molecule has 4 nitrogen and oxygen atoms in total. The maximum atomic E-state index is 10.8. The van der Waals surface area contributed by atoms with Crippen molar-refractivity contribution in [3.63, 3.8) is 0 Å². The first-order valence-corrected chi connectivity index (χ1v) is 4.56. The molecule has 1 heterocycles. The van der Waals surface area contributed by atoms with Crippen molar-refractivity contribution in [3.8, 4) is 0 Å². The number of ether oxygens (including phenoxy) is 3. The Balaban J connectivity index is 2.55. The highest BCUT2D eigenvalue weighted by Crippen LogP contribution is 2.25. The molecule has 0 aromatic heterocycles. The third-order valence-electron chi connectivity index (χ3n) is 1.93. The highest BCUT2D eigenvalue weighted by Gasteiger charge is 2.37. The fourth-order valence-electron chi connectivity index (χ4n) is 1.34. The van der Waals surface area contributed by atoms with Gasteiger partial charge in [0, 0.05) is 6.92 Å². The maximum absolute atomic E-state index is 10.8. The minimum absolute atomic E-state index is 0.258. The smallest absolute Gasteiger partial charge is 0.303 e. The third kappa shape index (κ3) is 2.82. The van der Waals surface area contributed by atoms with E-state index in [1.807, 2.05) is 13.8 Å². The van der Waals surface area contributed by atoms with Crippen LogP contribution in [0.1, 0.15) is 20.8 Å². The molecule has 0 aromatic rings. The largest absolute Gasteiger partial charge is 0.455 e. The Bertz CT molecular complexity index is 234. The van der Waals surface area contributed by atoms with Gasteiger partial charge in [-0.05, 0) is 19.9 Å². The van der Waals surface area contributed by atoms with Crippen molar-refractivity contribution in [2.24, 2.45) is 0 Å². The van der Waals surface area contributed by atoms with Crippen LogP contribution in [0.5, 0.6) is 0 Å². The molecule has 1 rings (SSSR count). The molecule has 0 aliphatic carbocycles. The van der Waals surface area contributed by atoms with Crippen molar-refractivity contribution >= 4 is 5.97 Å². The number of carbonyl (C=O) groups excluding carboxylic acids is 1. The summed E-state index contributed by atoms with van der Waals surface area (Å²) in [7, 11) is 0. The quantitative estimate of drug-likeness (QED) is 0.508. The lowest BCUT2D eigenvalue weighted by Gasteiger charge is -2.21. The van der Waals surface area contributed by atoms with Crippen LogP contribution in [0.4, 0.5) is 0 Å². The predicted octanol–water partition coefficient (Wildman–Crippen LogP) is 1.26. The van der Waals surface area contributed by atoms with Crippen molar-refractivity contribution in [2.45, 2.75) is 38.8 Å². The van der Waals surface area contributed by atoms with Crippen LogP contribution in [0.3, 0.4) is 0 Å². The number of rotatable bonds is 3. The van der Waals surface area contributed by atoms with Gasteiger partial charge >= 0.3 is 5.97 Å². The molecule has 1 aliphatic rings. The van der Waals surface area contributed by atoms with Gasteiger partial charge in [-0.3, -0.25) is 4.79 Å².